The van der Waals surface area contributed by atoms with Gasteiger partial charge in [0.25, 0.3) is 0 Å². The van der Waals surface area contributed by atoms with E-state index in [-0.39, 0.29) is 17.5 Å². The molecular formula is C25H20F6O. The number of ether oxygens (including phenoxy) is 1. The molecule has 168 valence electrons. The molecular weight excluding hydrogens is 430 g/mol. The van der Waals surface area contributed by atoms with Crippen molar-refractivity contribution < 1.29 is 31.1 Å². The van der Waals surface area contributed by atoms with Crippen LogP contribution < -0.4 is 4.74 Å². The van der Waals surface area contributed by atoms with Crippen molar-refractivity contribution in [2.45, 2.75) is 45.4 Å². The van der Waals surface area contributed by atoms with Gasteiger partial charge in [0.2, 0.25) is 0 Å². The maximum absolute atomic E-state index is 15.4. The Kier molecular flexibility index (Phi) is 5.93. The van der Waals surface area contributed by atoms with E-state index in [1.165, 1.54) is 6.07 Å². The summed E-state index contributed by atoms with van der Waals surface area (Å²) in [5, 5.41) is 0. The first-order valence-corrected chi connectivity index (χ1v) is 10.4. The van der Waals surface area contributed by atoms with E-state index in [0.29, 0.717) is 17.7 Å². The van der Waals surface area contributed by atoms with E-state index in [2.05, 4.69) is 11.7 Å². The van der Waals surface area contributed by atoms with Crippen LogP contribution in [0.1, 0.15) is 42.9 Å². The Bertz CT molecular complexity index is 1170. The average Bonchev–Trinajstić information content (AvgIpc) is 3.07. The van der Waals surface area contributed by atoms with E-state index in [9.17, 15) is 22.0 Å². The van der Waals surface area contributed by atoms with Gasteiger partial charge in [0, 0.05) is 12.0 Å². The molecule has 32 heavy (non-hydrogen) atoms. The highest BCUT2D eigenvalue weighted by atomic mass is 19.4. The Balaban J connectivity index is 1.68. The van der Waals surface area contributed by atoms with Gasteiger partial charge >= 0.3 is 6.36 Å². The van der Waals surface area contributed by atoms with E-state index in [1.807, 2.05) is 18.2 Å². The highest BCUT2D eigenvalue weighted by Gasteiger charge is 2.33. The van der Waals surface area contributed by atoms with Gasteiger partial charge in [-0.25, -0.2) is 13.2 Å². The number of rotatable bonds is 6. The number of hydrogen-bond acceptors (Lipinski definition) is 1. The van der Waals surface area contributed by atoms with Gasteiger partial charge in [-0.15, -0.1) is 13.2 Å². The fraction of sp³-hybridized carbons (Fsp3) is 0.280. The third-order valence-electron chi connectivity index (χ3n) is 5.66. The first-order valence-electron chi connectivity index (χ1n) is 10.4. The molecule has 0 spiro atoms. The van der Waals surface area contributed by atoms with Crippen molar-refractivity contribution in [1.82, 2.24) is 0 Å². The number of halogens is 6. The normalized spacial score (nSPS) is 12.6. The quantitative estimate of drug-likeness (QED) is 0.214. The molecule has 3 aromatic carbocycles. The minimum absolute atomic E-state index is 0.203. The summed E-state index contributed by atoms with van der Waals surface area (Å²) >= 11 is 0. The van der Waals surface area contributed by atoms with Gasteiger partial charge < -0.3 is 4.74 Å². The molecule has 0 saturated heterocycles. The van der Waals surface area contributed by atoms with Crippen molar-refractivity contribution >= 4 is 0 Å². The molecule has 1 aliphatic carbocycles. The second-order valence-electron chi connectivity index (χ2n) is 7.89. The summed E-state index contributed by atoms with van der Waals surface area (Å²) in [6, 6.07) is 9.39. The van der Waals surface area contributed by atoms with Crippen LogP contribution in [0, 0.1) is 17.5 Å². The maximum atomic E-state index is 15.4. The molecule has 0 aliphatic heterocycles. The summed E-state index contributed by atoms with van der Waals surface area (Å²) in [6.45, 7) is 2.12. The highest BCUT2D eigenvalue weighted by Crippen LogP contribution is 2.43. The van der Waals surface area contributed by atoms with Crippen molar-refractivity contribution in [2.24, 2.45) is 0 Å². The molecule has 1 nitrogen and oxygen atoms in total. The monoisotopic (exact) mass is 450 g/mol. The Labute approximate surface area is 181 Å². The van der Waals surface area contributed by atoms with Gasteiger partial charge in [-0.2, -0.15) is 0 Å². The number of alkyl halides is 3. The van der Waals surface area contributed by atoms with Gasteiger partial charge in [0.05, 0.1) is 5.56 Å². The van der Waals surface area contributed by atoms with Gasteiger partial charge in [-0.3, -0.25) is 0 Å². The van der Waals surface area contributed by atoms with Crippen LogP contribution in [0.15, 0.2) is 42.5 Å². The zero-order valence-electron chi connectivity index (χ0n) is 17.3. The topological polar surface area (TPSA) is 9.23 Å². The van der Waals surface area contributed by atoms with E-state index in [4.69, 9.17) is 0 Å². The summed E-state index contributed by atoms with van der Waals surface area (Å²) in [4.78, 5) is 0. The zero-order valence-corrected chi connectivity index (χ0v) is 17.3. The first kappa shape index (κ1) is 22.2. The summed E-state index contributed by atoms with van der Waals surface area (Å²) in [7, 11) is 0. The van der Waals surface area contributed by atoms with Crippen LogP contribution in [0.2, 0.25) is 0 Å². The molecule has 4 rings (SSSR count). The average molecular weight is 450 g/mol. The van der Waals surface area contributed by atoms with Gasteiger partial charge in [-0.1, -0.05) is 44.0 Å². The van der Waals surface area contributed by atoms with Crippen molar-refractivity contribution in [2.75, 3.05) is 0 Å². The predicted octanol–water partition coefficient (Wildman–Crippen LogP) is 7.97. The highest BCUT2D eigenvalue weighted by molar-refractivity contribution is 5.81. The number of fused-ring (bicyclic) bond motifs is 3. The Morgan fingerprint density at radius 2 is 1.66 bits per heavy atom. The third kappa shape index (κ3) is 4.33. The number of hydrogen-bond donors (Lipinski definition) is 0. The Morgan fingerprint density at radius 1 is 0.875 bits per heavy atom. The predicted molar refractivity (Wildman–Crippen MR) is 110 cm³/mol. The molecule has 3 aromatic rings. The molecule has 1 aliphatic rings. The fourth-order valence-electron chi connectivity index (χ4n) is 4.18. The van der Waals surface area contributed by atoms with Crippen LogP contribution in [0.5, 0.6) is 5.75 Å². The van der Waals surface area contributed by atoms with Crippen molar-refractivity contribution in [3.8, 4) is 28.0 Å². The standard InChI is InChI=1S/C25H20F6O/c1-2-3-4-5-14-6-8-17-16(10-14)11-19-18(17)13-21(27)23(24(19)28)15-7-9-22(20(26)12-15)32-25(29,30)31/h6-10,12-13H,2-5,11H2,1H3. The second kappa shape index (κ2) is 8.52. The second-order valence-corrected chi connectivity index (χ2v) is 7.89. The van der Waals surface area contributed by atoms with E-state index in [1.54, 1.807) is 0 Å². The zero-order chi connectivity index (χ0) is 23.0. The van der Waals surface area contributed by atoms with E-state index < -0.39 is 35.1 Å². The molecule has 0 aromatic heterocycles. The van der Waals surface area contributed by atoms with Crippen LogP contribution in [0.3, 0.4) is 0 Å². The molecule has 0 N–H and O–H groups in total. The van der Waals surface area contributed by atoms with E-state index in [0.717, 1.165) is 48.4 Å². The smallest absolute Gasteiger partial charge is 0.403 e. The molecule has 0 fully saturated rings. The van der Waals surface area contributed by atoms with E-state index >= 15 is 4.39 Å². The van der Waals surface area contributed by atoms with Crippen LogP contribution in [-0.4, -0.2) is 6.36 Å². The number of benzene rings is 3. The number of aryl methyl sites for hydroxylation is 1. The van der Waals surface area contributed by atoms with Crippen LogP contribution in [-0.2, 0) is 12.8 Å². The summed E-state index contributed by atoms with van der Waals surface area (Å²) < 4.78 is 85.0. The third-order valence-corrected chi connectivity index (χ3v) is 5.66. The first-order chi connectivity index (χ1) is 15.2. The molecule has 0 amide bonds. The van der Waals surface area contributed by atoms with Crippen molar-refractivity contribution in [3.63, 3.8) is 0 Å². The van der Waals surface area contributed by atoms with Gasteiger partial charge in [0.1, 0.15) is 11.6 Å². The van der Waals surface area contributed by atoms with Crippen LogP contribution >= 0.6 is 0 Å². The number of unbranched alkanes of at least 4 members (excludes halogenated alkanes) is 2. The van der Waals surface area contributed by atoms with Crippen LogP contribution in [0.25, 0.3) is 22.3 Å². The van der Waals surface area contributed by atoms with Crippen molar-refractivity contribution in [1.29, 1.82) is 0 Å². The largest absolute Gasteiger partial charge is 0.573 e. The lowest BCUT2D eigenvalue weighted by molar-refractivity contribution is -0.275. The lowest BCUT2D eigenvalue weighted by Crippen LogP contribution is -2.17. The summed E-state index contributed by atoms with van der Waals surface area (Å²) in [5.41, 5.74) is 2.83. The summed E-state index contributed by atoms with van der Waals surface area (Å²) in [5.74, 6) is -4.18. The molecule has 0 heterocycles. The SMILES string of the molecule is CCCCCc1ccc2c(c1)Cc1c-2cc(F)c(-c2ccc(OC(F)(F)F)c(F)c2)c1F. The Hall–Kier alpha value is -2.96. The Morgan fingerprint density at radius 3 is 2.34 bits per heavy atom. The molecule has 7 heteroatoms. The van der Waals surface area contributed by atoms with Crippen LogP contribution in [0.4, 0.5) is 26.3 Å². The molecule has 0 saturated carbocycles. The van der Waals surface area contributed by atoms with Gasteiger partial charge in [0.15, 0.2) is 11.6 Å². The molecule has 0 bridgehead atoms. The minimum Gasteiger partial charge on any atom is -0.403 e. The lowest BCUT2D eigenvalue weighted by atomic mass is 9.97. The molecule has 0 atom stereocenters. The maximum Gasteiger partial charge on any atom is 0.573 e. The molecule has 0 radical (unpaired) electrons. The minimum atomic E-state index is -5.08. The van der Waals surface area contributed by atoms with Gasteiger partial charge in [-0.05, 0) is 58.9 Å². The fourth-order valence-corrected chi connectivity index (χ4v) is 4.18. The van der Waals surface area contributed by atoms with Crippen molar-refractivity contribution in [3.05, 3.63) is 76.6 Å². The summed E-state index contributed by atoms with van der Waals surface area (Å²) in [6.07, 6.45) is -0.631. The lowest BCUT2D eigenvalue weighted by Gasteiger charge is -2.13. The molecule has 0 unspecified atom stereocenters.